The highest BCUT2D eigenvalue weighted by atomic mass is 16.5. The van der Waals surface area contributed by atoms with E-state index in [1.165, 1.54) is 0 Å². The quantitative estimate of drug-likeness (QED) is 0.595. The molecule has 1 saturated heterocycles. The summed E-state index contributed by atoms with van der Waals surface area (Å²) in [7, 11) is 0. The van der Waals surface area contributed by atoms with E-state index in [-0.39, 0.29) is 11.5 Å². The smallest absolute Gasteiger partial charge is 0.165 e. The lowest BCUT2D eigenvalue weighted by Crippen LogP contribution is -2.53. The molecule has 1 heterocycles. The van der Waals surface area contributed by atoms with Gasteiger partial charge < -0.3 is 4.74 Å². The third kappa shape index (κ3) is 1.23. The molecule has 2 fully saturated rings. The fourth-order valence-electron chi connectivity index (χ4n) is 3.04. The Morgan fingerprint density at radius 1 is 1.36 bits per heavy atom. The summed E-state index contributed by atoms with van der Waals surface area (Å²) in [5.41, 5.74) is -0.405. The lowest BCUT2D eigenvalue weighted by Gasteiger charge is -2.45. The van der Waals surface area contributed by atoms with Crippen molar-refractivity contribution >= 4 is 5.78 Å². The molecule has 80 valence electrons. The predicted molar refractivity (Wildman–Crippen MR) is 55.2 cm³/mol. The number of ether oxygens (including phenoxy) is 1. The molecular weight excluding hydrogens is 176 g/mol. The third-order valence-electron chi connectivity index (χ3n) is 4.05. The van der Waals surface area contributed by atoms with Crippen LogP contribution in [0.15, 0.2) is 0 Å². The van der Waals surface area contributed by atoms with Gasteiger partial charge in [0.15, 0.2) is 5.78 Å². The van der Waals surface area contributed by atoms with Crippen LogP contribution in [-0.4, -0.2) is 17.5 Å². The van der Waals surface area contributed by atoms with Crippen molar-refractivity contribution < 1.29 is 9.53 Å². The van der Waals surface area contributed by atoms with Gasteiger partial charge in [-0.1, -0.05) is 13.8 Å². The summed E-state index contributed by atoms with van der Waals surface area (Å²) in [6.07, 6.45) is 5.10. The summed E-state index contributed by atoms with van der Waals surface area (Å²) in [5, 5.41) is 0. The van der Waals surface area contributed by atoms with Crippen molar-refractivity contribution in [2.75, 3.05) is 0 Å². The Kier molecular flexibility index (Phi) is 2.22. The first kappa shape index (κ1) is 10.2. The van der Waals surface area contributed by atoms with E-state index in [4.69, 9.17) is 4.74 Å². The molecular formula is C12H20O2. The molecule has 0 unspecified atom stereocenters. The second kappa shape index (κ2) is 3.06. The highest BCUT2D eigenvalue weighted by Gasteiger charge is 2.56. The van der Waals surface area contributed by atoms with Gasteiger partial charge in [-0.2, -0.15) is 0 Å². The fraction of sp³-hybridized carbons (Fsp3) is 0.917. The third-order valence-corrected chi connectivity index (χ3v) is 4.05. The van der Waals surface area contributed by atoms with E-state index in [0.717, 1.165) is 32.1 Å². The Labute approximate surface area is 86.0 Å². The molecule has 2 atom stereocenters. The first-order valence-electron chi connectivity index (χ1n) is 5.69. The van der Waals surface area contributed by atoms with E-state index >= 15 is 0 Å². The summed E-state index contributed by atoms with van der Waals surface area (Å²) in [5.74, 6) is 0.345. The lowest BCUT2D eigenvalue weighted by atomic mass is 9.63. The van der Waals surface area contributed by atoms with Gasteiger partial charge in [-0.05, 0) is 32.6 Å². The zero-order valence-electron chi connectivity index (χ0n) is 9.43. The van der Waals surface area contributed by atoms with Crippen molar-refractivity contribution in [3.05, 3.63) is 0 Å². The number of ketones is 1. The van der Waals surface area contributed by atoms with Crippen LogP contribution in [0, 0.1) is 5.41 Å². The molecule has 0 radical (unpaired) electrons. The van der Waals surface area contributed by atoms with Crippen LogP contribution in [0.5, 0.6) is 0 Å². The predicted octanol–water partition coefficient (Wildman–Crippen LogP) is 2.70. The van der Waals surface area contributed by atoms with Crippen LogP contribution in [-0.2, 0) is 9.53 Å². The summed E-state index contributed by atoms with van der Waals surface area (Å²) >= 11 is 0. The van der Waals surface area contributed by atoms with E-state index in [2.05, 4.69) is 20.8 Å². The lowest BCUT2D eigenvalue weighted by molar-refractivity contribution is -0.167. The van der Waals surface area contributed by atoms with Gasteiger partial charge in [-0.15, -0.1) is 0 Å². The zero-order valence-corrected chi connectivity index (χ0v) is 9.43. The van der Waals surface area contributed by atoms with Gasteiger partial charge in [0.1, 0.15) is 5.60 Å². The number of Topliss-reactive ketones (excluding diaryl/α,β-unsaturated/α-hetero) is 1. The Morgan fingerprint density at radius 3 is 2.57 bits per heavy atom. The molecule has 1 saturated carbocycles. The maximum atomic E-state index is 12.1. The van der Waals surface area contributed by atoms with Crippen molar-refractivity contribution in [3.8, 4) is 0 Å². The largest absolute Gasteiger partial charge is 0.364 e. The Balaban J connectivity index is 2.32. The Morgan fingerprint density at radius 2 is 2.07 bits per heavy atom. The van der Waals surface area contributed by atoms with Crippen LogP contribution in [0.1, 0.15) is 52.9 Å². The molecule has 0 aromatic heterocycles. The number of hydrogen-bond donors (Lipinski definition) is 0. The van der Waals surface area contributed by atoms with Crippen molar-refractivity contribution in [1.29, 1.82) is 0 Å². The maximum Gasteiger partial charge on any atom is 0.165 e. The van der Waals surface area contributed by atoms with Gasteiger partial charge in [0.25, 0.3) is 0 Å². The number of carbonyl (C=O) groups excluding carboxylic acids is 1. The standard InChI is InChI=1S/C12H20O2/c1-9-6-8-12(14-9)10(13)5-4-7-11(12,2)3/h9H,4-8H2,1-3H3/t9-,12-/m0/s1. The Bertz CT molecular complexity index is 257. The molecule has 14 heavy (non-hydrogen) atoms. The molecule has 1 spiro atoms. The highest BCUT2D eigenvalue weighted by Crippen LogP contribution is 2.50. The number of hydrogen-bond acceptors (Lipinski definition) is 2. The molecule has 2 nitrogen and oxygen atoms in total. The van der Waals surface area contributed by atoms with Gasteiger partial charge >= 0.3 is 0 Å². The maximum absolute atomic E-state index is 12.1. The molecule has 2 aliphatic rings. The summed E-state index contributed by atoms with van der Waals surface area (Å²) < 4.78 is 5.97. The highest BCUT2D eigenvalue weighted by molar-refractivity contribution is 5.89. The molecule has 0 bridgehead atoms. The van der Waals surface area contributed by atoms with Crippen molar-refractivity contribution in [1.82, 2.24) is 0 Å². The van der Waals surface area contributed by atoms with E-state index in [0.29, 0.717) is 5.78 Å². The molecule has 0 amide bonds. The van der Waals surface area contributed by atoms with Gasteiger partial charge in [0, 0.05) is 11.8 Å². The minimum Gasteiger partial charge on any atom is -0.364 e. The van der Waals surface area contributed by atoms with E-state index in [1.54, 1.807) is 0 Å². The van der Waals surface area contributed by atoms with Crippen LogP contribution >= 0.6 is 0 Å². The van der Waals surface area contributed by atoms with Gasteiger partial charge in [-0.3, -0.25) is 4.79 Å². The summed E-state index contributed by atoms with van der Waals surface area (Å²) in [6.45, 7) is 6.44. The topological polar surface area (TPSA) is 26.3 Å². The zero-order chi connectivity index (χ0) is 10.4. The van der Waals surface area contributed by atoms with Crippen LogP contribution in [0.3, 0.4) is 0 Å². The van der Waals surface area contributed by atoms with Crippen LogP contribution in [0.25, 0.3) is 0 Å². The van der Waals surface area contributed by atoms with E-state index in [9.17, 15) is 4.79 Å². The van der Waals surface area contributed by atoms with Crippen molar-refractivity contribution in [3.63, 3.8) is 0 Å². The fourth-order valence-corrected chi connectivity index (χ4v) is 3.04. The molecule has 2 heteroatoms. The molecule has 0 N–H and O–H groups in total. The minimum atomic E-state index is -0.440. The molecule has 1 aliphatic heterocycles. The monoisotopic (exact) mass is 196 g/mol. The summed E-state index contributed by atoms with van der Waals surface area (Å²) in [4.78, 5) is 12.1. The van der Waals surface area contributed by atoms with Crippen molar-refractivity contribution in [2.45, 2.75) is 64.6 Å². The first-order chi connectivity index (χ1) is 6.48. The molecule has 2 rings (SSSR count). The molecule has 0 aromatic rings. The second-order valence-corrected chi connectivity index (χ2v) is 5.45. The molecule has 0 aromatic carbocycles. The van der Waals surface area contributed by atoms with Crippen LogP contribution in [0.4, 0.5) is 0 Å². The van der Waals surface area contributed by atoms with Gasteiger partial charge in [-0.25, -0.2) is 0 Å². The minimum absolute atomic E-state index is 0.0348. The number of carbonyl (C=O) groups is 1. The van der Waals surface area contributed by atoms with E-state index < -0.39 is 5.60 Å². The second-order valence-electron chi connectivity index (χ2n) is 5.45. The van der Waals surface area contributed by atoms with Gasteiger partial charge in [0.05, 0.1) is 6.10 Å². The Hall–Kier alpha value is -0.370. The summed E-state index contributed by atoms with van der Waals surface area (Å²) in [6, 6.07) is 0. The average Bonchev–Trinajstić information content (AvgIpc) is 2.46. The SMILES string of the molecule is C[C@H]1CC[C@]2(O1)C(=O)CCCC2(C)C. The van der Waals surface area contributed by atoms with Crippen molar-refractivity contribution in [2.24, 2.45) is 5.41 Å². The number of rotatable bonds is 0. The average molecular weight is 196 g/mol. The van der Waals surface area contributed by atoms with Crippen LogP contribution < -0.4 is 0 Å². The van der Waals surface area contributed by atoms with Crippen LogP contribution in [0.2, 0.25) is 0 Å². The normalized spacial score (nSPS) is 41.9. The van der Waals surface area contributed by atoms with Gasteiger partial charge in [0.2, 0.25) is 0 Å². The molecule has 1 aliphatic carbocycles. The first-order valence-corrected chi connectivity index (χ1v) is 5.69. The van der Waals surface area contributed by atoms with E-state index in [1.807, 2.05) is 0 Å².